The molecule has 0 radical (unpaired) electrons. The van der Waals surface area contributed by atoms with Crippen molar-refractivity contribution >= 4 is 21.6 Å². The number of aryl methyl sites for hydroxylation is 1. The van der Waals surface area contributed by atoms with Crippen LogP contribution >= 0.6 is 11.6 Å². The van der Waals surface area contributed by atoms with Crippen LogP contribution in [0.2, 0.25) is 0 Å². The lowest BCUT2D eigenvalue weighted by molar-refractivity contribution is -0.137. The van der Waals surface area contributed by atoms with Gasteiger partial charge in [-0.25, -0.2) is 8.42 Å². The molecule has 5 nitrogen and oxygen atoms in total. The molecule has 114 valence electrons. The first-order valence-corrected chi connectivity index (χ1v) is 7.88. The second kappa shape index (κ2) is 5.53. The van der Waals surface area contributed by atoms with Crippen molar-refractivity contribution in [3.05, 3.63) is 12.4 Å². The summed E-state index contributed by atoms with van der Waals surface area (Å²) in [7, 11) is -4.18. The van der Waals surface area contributed by atoms with E-state index < -0.39 is 28.8 Å². The van der Waals surface area contributed by atoms with Gasteiger partial charge in [-0.15, -0.1) is 11.6 Å². The maximum Gasteiger partial charge on any atom is 0.402 e. The fourth-order valence-corrected chi connectivity index (χ4v) is 3.57. The van der Waals surface area contributed by atoms with Crippen LogP contribution in [0.3, 0.4) is 0 Å². The van der Waals surface area contributed by atoms with Crippen molar-refractivity contribution in [3.63, 3.8) is 0 Å². The van der Waals surface area contributed by atoms with Crippen molar-refractivity contribution in [1.82, 2.24) is 14.1 Å². The third kappa shape index (κ3) is 3.64. The van der Waals surface area contributed by atoms with Crippen molar-refractivity contribution < 1.29 is 21.6 Å². The van der Waals surface area contributed by atoms with E-state index in [2.05, 4.69) is 5.10 Å². The van der Waals surface area contributed by atoms with E-state index in [9.17, 15) is 21.6 Å². The van der Waals surface area contributed by atoms with Gasteiger partial charge >= 0.3 is 6.18 Å². The first kappa shape index (κ1) is 15.6. The van der Waals surface area contributed by atoms with E-state index in [-0.39, 0.29) is 10.8 Å². The Morgan fingerprint density at radius 1 is 1.45 bits per heavy atom. The molecule has 0 aliphatic heterocycles. The second-order valence-electron chi connectivity index (χ2n) is 4.52. The van der Waals surface area contributed by atoms with E-state index in [1.54, 1.807) is 0 Å². The standard InChI is InChI=1S/C10H13ClF3N3O2S/c11-3-4-16-6-9(5-15-16)20(18,19)17(8-1-2-8)7-10(12,13)14/h5-6,8H,1-4,7H2. The van der Waals surface area contributed by atoms with Gasteiger partial charge in [-0.05, 0) is 12.8 Å². The molecule has 0 atom stereocenters. The Kier molecular flexibility index (Phi) is 4.31. The Balaban J connectivity index is 2.25. The zero-order valence-corrected chi connectivity index (χ0v) is 11.9. The van der Waals surface area contributed by atoms with E-state index in [0.717, 1.165) is 6.20 Å². The zero-order chi connectivity index (χ0) is 15.0. The highest BCUT2D eigenvalue weighted by Gasteiger charge is 2.45. The fourth-order valence-electron chi connectivity index (χ4n) is 1.77. The third-order valence-electron chi connectivity index (χ3n) is 2.82. The molecule has 1 aliphatic carbocycles. The highest BCUT2D eigenvalue weighted by molar-refractivity contribution is 7.89. The number of halogens is 4. The van der Waals surface area contributed by atoms with Crippen LogP contribution in [0.1, 0.15) is 12.8 Å². The summed E-state index contributed by atoms with van der Waals surface area (Å²) in [6.45, 7) is -1.18. The van der Waals surface area contributed by atoms with Crippen molar-refractivity contribution in [2.24, 2.45) is 0 Å². The molecule has 1 heterocycles. The van der Waals surface area contributed by atoms with Crippen LogP contribution in [0, 0.1) is 0 Å². The molecule has 0 saturated heterocycles. The van der Waals surface area contributed by atoms with Gasteiger partial charge in [0.25, 0.3) is 0 Å². The molecule has 0 aromatic carbocycles. The average Bonchev–Trinajstić information content (AvgIpc) is 3.04. The first-order valence-electron chi connectivity index (χ1n) is 5.91. The molecule has 0 amide bonds. The molecule has 1 saturated carbocycles. The first-order chi connectivity index (χ1) is 9.24. The minimum absolute atomic E-state index is 0.232. The summed E-state index contributed by atoms with van der Waals surface area (Å²) < 4.78 is 63.9. The summed E-state index contributed by atoms with van der Waals surface area (Å²) in [6, 6.07) is -0.571. The van der Waals surface area contributed by atoms with Crippen LogP contribution in [0.15, 0.2) is 17.3 Å². The van der Waals surface area contributed by atoms with Crippen molar-refractivity contribution in [2.45, 2.75) is 36.5 Å². The molecular weight excluding hydrogens is 319 g/mol. The summed E-state index contributed by atoms with van der Waals surface area (Å²) in [5.41, 5.74) is 0. The predicted octanol–water partition coefficient (Wildman–Crippen LogP) is 1.84. The summed E-state index contributed by atoms with van der Waals surface area (Å²) in [5.74, 6) is 0.232. The number of nitrogens with zero attached hydrogens (tertiary/aromatic N) is 3. The van der Waals surface area contributed by atoms with Crippen molar-refractivity contribution in [3.8, 4) is 0 Å². The summed E-state index contributed by atoms with van der Waals surface area (Å²) >= 11 is 5.50. The number of hydrogen-bond acceptors (Lipinski definition) is 3. The smallest absolute Gasteiger partial charge is 0.270 e. The molecular formula is C10H13ClF3N3O2S. The monoisotopic (exact) mass is 331 g/mol. The van der Waals surface area contributed by atoms with Gasteiger partial charge in [0, 0.05) is 18.1 Å². The second-order valence-corrected chi connectivity index (χ2v) is 6.79. The molecule has 0 bridgehead atoms. The lowest BCUT2D eigenvalue weighted by atomic mass is 10.6. The molecule has 0 unspecified atom stereocenters. The molecule has 1 aromatic rings. The molecule has 0 spiro atoms. The summed E-state index contributed by atoms with van der Waals surface area (Å²) in [4.78, 5) is -0.237. The average molecular weight is 332 g/mol. The van der Waals surface area contributed by atoms with E-state index in [1.807, 2.05) is 0 Å². The number of aromatic nitrogens is 2. The van der Waals surface area contributed by atoms with E-state index in [0.29, 0.717) is 23.7 Å². The van der Waals surface area contributed by atoms with Crippen LogP contribution in [0.4, 0.5) is 13.2 Å². The Hall–Kier alpha value is -0.800. The lowest BCUT2D eigenvalue weighted by Crippen LogP contribution is -2.40. The topological polar surface area (TPSA) is 55.2 Å². The molecule has 1 aliphatic rings. The number of hydrogen-bond donors (Lipinski definition) is 0. The highest BCUT2D eigenvalue weighted by atomic mass is 35.5. The molecule has 2 rings (SSSR count). The van der Waals surface area contributed by atoms with Gasteiger partial charge in [0.05, 0.1) is 12.7 Å². The van der Waals surface area contributed by atoms with Crippen LogP contribution < -0.4 is 0 Å². The van der Waals surface area contributed by atoms with E-state index in [4.69, 9.17) is 11.6 Å². The van der Waals surface area contributed by atoms with E-state index >= 15 is 0 Å². The quantitative estimate of drug-likeness (QED) is 0.747. The van der Waals surface area contributed by atoms with Crippen molar-refractivity contribution in [1.29, 1.82) is 0 Å². The van der Waals surface area contributed by atoms with Gasteiger partial charge in [-0.3, -0.25) is 4.68 Å². The zero-order valence-electron chi connectivity index (χ0n) is 10.3. The van der Waals surface area contributed by atoms with Crippen LogP contribution in [0.5, 0.6) is 0 Å². The SMILES string of the molecule is O=S(=O)(c1cnn(CCCl)c1)N(CC(F)(F)F)C1CC1. The van der Waals surface area contributed by atoms with E-state index in [1.165, 1.54) is 10.9 Å². The minimum Gasteiger partial charge on any atom is -0.270 e. The Bertz CT molecular complexity index is 569. The van der Waals surface area contributed by atoms with Gasteiger partial charge in [0.1, 0.15) is 11.4 Å². The maximum atomic E-state index is 12.5. The van der Waals surface area contributed by atoms with Crippen LogP contribution in [0.25, 0.3) is 0 Å². The highest BCUT2D eigenvalue weighted by Crippen LogP contribution is 2.34. The van der Waals surface area contributed by atoms with Crippen LogP contribution in [-0.2, 0) is 16.6 Å². The predicted molar refractivity (Wildman–Crippen MR) is 65.9 cm³/mol. The molecule has 1 aromatic heterocycles. The van der Waals surface area contributed by atoms with Gasteiger partial charge in [0.2, 0.25) is 10.0 Å². The number of sulfonamides is 1. The Morgan fingerprint density at radius 2 is 2.10 bits per heavy atom. The third-order valence-corrected chi connectivity index (χ3v) is 4.84. The van der Waals surface area contributed by atoms with Gasteiger partial charge in [0.15, 0.2) is 0 Å². The molecule has 0 N–H and O–H groups in total. The molecule has 10 heteroatoms. The molecule has 20 heavy (non-hydrogen) atoms. The Morgan fingerprint density at radius 3 is 2.60 bits per heavy atom. The largest absolute Gasteiger partial charge is 0.402 e. The Labute approximate surface area is 119 Å². The van der Waals surface area contributed by atoms with Crippen LogP contribution in [-0.4, -0.2) is 47.1 Å². The van der Waals surface area contributed by atoms with Crippen molar-refractivity contribution in [2.75, 3.05) is 12.4 Å². The van der Waals surface area contributed by atoms with Gasteiger partial charge in [-0.1, -0.05) is 0 Å². The normalized spacial score (nSPS) is 16.9. The minimum atomic E-state index is -4.57. The lowest BCUT2D eigenvalue weighted by Gasteiger charge is -2.22. The summed E-state index contributed by atoms with van der Waals surface area (Å²) in [5, 5.41) is 3.78. The fraction of sp³-hybridized carbons (Fsp3) is 0.700. The maximum absolute atomic E-state index is 12.5. The van der Waals surface area contributed by atoms with Gasteiger partial charge < -0.3 is 0 Å². The summed E-state index contributed by atoms with van der Waals surface area (Å²) in [6.07, 6.45) is -1.42. The molecule has 1 fully saturated rings. The van der Waals surface area contributed by atoms with Gasteiger partial charge in [-0.2, -0.15) is 22.6 Å². The number of alkyl halides is 4. The number of rotatable bonds is 6.